The van der Waals surface area contributed by atoms with E-state index in [0.29, 0.717) is 0 Å². The molecule has 0 fully saturated rings. The molecule has 1 rings (SSSR count). The van der Waals surface area contributed by atoms with Crippen LogP contribution in [0.1, 0.15) is 25.6 Å². The second kappa shape index (κ2) is 6.76. The first-order valence-electron chi connectivity index (χ1n) is 3.48. The maximum Gasteiger partial charge on any atom is 1.00 e. The van der Waals surface area contributed by atoms with Crippen molar-refractivity contribution in [2.24, 2.45) is 0 Å². The molecule has 0 radical (unpaired) electrons. The van der Waals surface area contributed by atoms with Gasteiger partial charge in [0.25, 0.3) is 6.43 Å². The number of hydrogen-bond donors (Lipinski definition) is 0. The standard InChI is InChI=1S/C7H7F2N2O2.K.H2O/c1-7(2,5(8)9)6-11-10-4(3-12)13-6;;/h5H,1-2H3;;1H2/q-1;+1;/p-1. The quantitative estimate of drug-likeness (QED) is 0.449. The molecule has 0 saturated heterocycles. The van der Waals surface area contributed by atoms with Crippen molar-refractivity contribution < 1.29 is 74.9 Å². The van der Waals surface area contributed by atoms with E-state index in [2.05, 4.69) is 14.6 Å². The smallest absolute Gasteiger partial charge is 0.870 e. The maximum absolute atomic E-state index is 12.4. The molecular formula is C7H8F2KN2O3-. The normalized spacial score (nSPS) is 10.5. The van der Waals surface area contributed by atoms with Gasteiger partial charge < -0.3 is 14.7 Å². The SMILES string of the molecule is CC(C)(c1nnc([C-]=O)o1)C(F)F.[K+].[OH-]. The Morgan fingerprint density at radius 3 is 2.27 bits per heavy atom. The van der Waals surface area contributed by atoms with E-state index in [1.54, 1.807) is 0 Å². The number of nitrogens with zero attached hydrogens (tertiary/aromatic N) is 2. The van der Waals surface area contributed by atoms with Crippen LogP contribution in [0.25, 0.3) is 0 Å². The van der Waals surface area contributed by atoms with Crippen molar-refractivity contribution in [3.05, 3.63) is 11.8 Å². The third-order valence-electron chi connectivity index (χ3n) is 1.61. The molecule has 0 bridgehead atoms. The Bertz CT molecular complexity index is 317. The molecule has 1 aromatic rings. The third-order valence-corrected chi connectivity index (χ3v) is 1.61. The zero-order chi connectivity index (χ0) is 10.1. The van der Waals surface area contributed by atoms with Gasteiger partial charge in [0.1, 0.15) is 11.3 Å². The molecule has 0 unspecified atom stereocenters. The Balaban J connectivity index is 0. The average Bonchev–Trinajstić information content (AvgIpc) is 2.51. The molecule has 8 heteroatoms. The third kappa shape index (κ3) is 3.97. The first-order chi connectivity index (χ1) is 5.98. The van der Waals surface area contributed by atoms with E-state index in [-0.39, 0.29) is 62.8 Å². The molecule has 0 aliphatic carbocycles. The zero-order valence-electron chi connectivity index (χ0n) is 8.49. The molecule has 5 nitrogen and oxygen atoms in total. The van der Waals surface area contributed by atoms with Gasteiger partial charge in [-0.3, -0.25) is 0 Å². The van der Waals surface area contributed by atoms with E-state index in [0.717, 1.165) is 0 Å². The van der Waals surface area contributed by atoms with E-state index >= 15 is 0 Å². The van der Waals surface area contributed by atoms with Crippen LogP contribution in [0, 0.1) is 0 Å². The molecule has 0 spiro atoms. The van der Waals surface area contributed by atoms with Gasteiger partial charge in [-0.05, 0) is 13.8 Å². The maximum atomic E-state index is 12.4. The van der Waals surface area contributed by atoms with Gasteiger partial charge in [-0.15, -0.1) is 10.2 Å². The van der Waals surface area contributed by atoms with Gasteiger partial charge >= 0.3 is 51.4 Å². The number of halogens is 2. The molecule has 0 aliphatic rings. The Morgan fingerprint density at radius 1 is 1.40 bits per heavy atom. The Morgan fingerprint density at radius 2 is 1.93 bits per heavy atom. The van der Waals surface area contributed by atoms with Gasteiger partial charge in [0.15, 0.2) is 0 Å². The minimum absolute atomic E-state index is 0. The molecule has 0 atom stereocenters. The first-order valence-corrected chi connectivity index (χ1v) is 3.48. The predicted octanol–water partition coefficient (Wildman–Crippen LogP) is -2.10. The van der Waals surface area contributed by atoms with Crippen molar-refractivity contribution in [3.63, 3.8) is 0 Å². The van der Waals surface area contributed by atoms with Gasteiger partial charge in [-0.25, -0.2) is 8.78 Å². The minimum Gasteiger partial charge on any atom is -0.870 e. The zero-order valence-corrected chi connectivity index (χ0v) is 11.6. The minimum atomic E-state index is -2.63. The monoisotopic (exact) mass is 245 g/mol. The second-order valence-electron chi connectivity index (χ2n) is 3.04. The fourth-order valence-electron chi connectivity index (χ4n) is 0.618. The molecule has 1 aromatic heterocycles. The van der Waals surface area contributed by atoms with Crippen LogP contribution in [0.5, 0.6) is 0 Å². The molecule has 0 aliphatic heterocycles. The summed E-state index contributed by atoms with van der Waals surface area (Å²) in [6, 6.07) is 0. The van der Waals surface area contributed by atoms with Crippen LogP contribution in [-0.2, 0) is 10.2 Å². The molecule has 1 N–H and O–H groups in total. The van der Waals surface area contributed by atoms with Gasteiger partial charge in [0.05, 0.1) is 0 Å². The topological polar surface area (TPSA) is 86.0 Å². The fraction of sp³-hybridized carbons (Fsp3) is 0.571. The molecule has 80 valence electrons. The Hall–Kier alpha value is 0.266. The summed E-state index contributed by atoms with van der Waals surface area (Å²) in [4.78, 5) is 10.0. The van der Waals surface area contributed by atoms with Crippen LogP contribution in [0.3, 0.4) is 0 Å². The van der Waals surface area contributed by atoms with Crippen molar-refractivity contribution >= 4 is 6.29 Å². The average molecular weight is 245 g/mol. The number of hydrogen-bond acceptors (Lipinski definition) is 5. The molecular weight excluding hydrogens is 237 g/mol. The van der Waals surface area contributed by atoms with Crippen molar-refractivity contribution in [2.75, 3.05) is 0 Å². The van der Waals surface area contributed by atoms with Crippen LogP contribution in [0.2, 0.25) is 0 Å². The first kappa shape index (κ1) is 17.7. The van der Waals surface area contributed by atoms with E-state index in [4.69, 9.17) is 0 Å². The van der Waals surface area contributed by atoms with Gasteiger partial charge in [-0.2, -0.15) is 6.29 Å². The van der Waals surface area contributed by atoms with Crippen LogP contribution >= 0.6 is 0 Å². The number of carbonyl (C=O) groups excluding carboxylic acids is 1. The molecule has 0 amide bonds. The van der Waals surface area contributed by atoms with E-state index in [9.17, 15) is 13.6 Å². The Kier molecular flexibility index (Phi) is 7.96. The second-order valence-corrected chi connectivity index (χ2v) is 3.04. The van der Waals surface area contributed by atoms with Gasteiger partial charge in [-0.1, -0.05) is 0 Å². The van der Waals surface area contributed by atoms with E-state index in [1.165, 1.54) is 20.1 Å². The molecule has 1 heterocycles. The predicted molar refractivity (Wildman–Crippen MR) is 40.1 cm³/mol. The van der Waals surface area contributed by atoms with Crippen LogP contribution < -0.4 is 51.4 Å². The summed E-state index contributed by atoms with van der Waals surface area (Å²) in [5.74, 6) is -0.676. The number of rotatable bonds is 3. The Labute approximate surface area is 127 Å². The summed E-state index contributed by atoms with van der Waals surface area (Å²) in [7, 11) is 0. The number of alkyl halides is 2. The van der Waals surface area contributed by atoms with Crippen LogP contribution in [0.15, 0.2) is 4.42 Å². The van der Waals surface area contributed by atoms with Gasteiger partial charge in [0, 0.05) is 0 Å². The van der Waals surface area contributed by atoms with E-state index < -0.39 is 17.7 Å². The van der Waals surface area contributed by atoms with Crippen molar-refractivity contribution in [3.8, 4) is 0 Å². The van der Waals surface area contributed by atoms with Crippen LogP contribution in [0.4, 0.5) is 8.78 Å². The summed E-state index contributed by atoms with van der Waals surface area (Å²) < 4.78 is 29.4. The van der Waals surface area contributed by atoms with E-state index in [1.807, 2.05) is 0 Å². The van der Waals surface area contributed by atoms with Crippen molar-refractivity contribution in [2.45, 2.75) is 25.7 Å². The summed E-state index contributed by atoms with van der Waals surface area (Å²) in [6.45, 7) is 2.50. The summed E-state index contributed by atoms with van der Waals surface area (Å²) in [6.07, 6.45) is -1.31. The van der Waals surface area contributed by atoms with Crippen LogP contribution in [-0.4, -0.2) is 28.4 Å². The number of aromatic nitrogens is 2. The summed E-state index contributed by atoms with van der Waals surface area (Å²) in [5, 5.41) is 6.53. The van der Waals surface area contributed by atoms with Crippen molar-refractivity contribution in [1.82, 2.24) is 10.2 Å². The molecule has 0 aromatic carbocycles. The summed E-state index contributed by atoms with van der Waals surface area (Å²) >= 11 is 0. The largest absolute Gasteiger partial charge is 1.00 e. The molecule has 0 saturated carbocycles. The van der Waals surface area contributed by atoms with Crippen molar-refractivity contribution in [1.29, 1.82) is 0 Å². The van der Waals surface area contributed by atoms with Gasteiger partial charge in [0.2, 0.25) is 5.89 Å². The summed E-state index contributed by atoms with van der Waals surface area (Å²) in [5.41, 5.74) is -1.54. The fourth-order valence-corrected chi connectivity index (χ4v) is 0.618. The molecule has 15 heavy (non-hydrogen) atoms.